The molecule has 0 amide bonds. The van der Waals surface area contributed by atoms with Crippen LogP contribution in [-0.4, -0.2) is 10.8 Å². The number of amidine groups is 1. The highest BCUT2D eigenvalue weighted by Crippen LogP contribution is 2.30. The molecule has 4 N–H and O–H groups in total. The molecule has 1 aromatic heterocycles. The molecule has 0 aliphatic rings. The summed E-state index contributed by atoms with van der Waals surface area (Å²) in [5, 5.41) is 8.66. The summed E-state index contributed by atoms with van der Waals surface area (Å²) in [5.74, 6) is 0.100. The van der Waals surface area contributed by atoms with Crippen molar-refractivity contribution >= 4 is 28.5 Å². The van der Waals surface area contributed by atoms with Gasteiger partial charge in [-0.15, -0.1) is 0 Å². The topological polar surface area (TPSA) is 65.7 Å². The van der Waals surface area contributed by atoms with E-state index in [1.165, 1.54) is 10.3 Å². The lowest BCUT2D eigenvalue weighted by molar-refractivity contribution is 1.37. The molecule has 0 aliphatic carbocycles. The molecule has 3 aromatic rings. The van der Waals surface area contributed by atoms with Crippen molar-refractivity contribution in [3.63, 3.8) is 0 Å². The molecule has 0 fully saturated rings. The molecular formula is C15H13N3S. The highest BCUT2D eigenvalue weighted by Gasteiger charge is 2.02. The Morgan fingerprint density at radius 2 is 1.89 bits per heavy atom. The fourth-order valence-electron chi connectivity index (χ4n) is 1.96. The zero-order valence-electron chi connectivity index (χ0n) is 10.2. The van der Waals surface area contributed by atoms with E-state index in [4.69, 9.17) is 11.1 Å². The first-order valence-electron chi connectivity index (χ1n) is 5.92. The number of benzene rings is 2. The van der Waals surface area contributed by atoms with Crippen LogP contribution in [0.1, 0.15) is 5.56 Å². The summed E-state index contributed by atoms with van der Waals surface area (Å²) in [6, 6.07) is 16.1. The van der Waals surface area contributed by atoms with Crippen molar-refractivity contribution < 1.29 is 0 Å². The van der Waals surface area contributed by atoms with Crippen LogP contribution in [0.15, 0.2) is 64.5 Å². The number of nitrogens with one attached hydrogen (secondary N) is 2. The molecule has 0 unspecified atom stereocenters. The Balaban J connectivity index is 1.91. The van der Waals surface area contributed by atoms with Crippen LogP contribution in [0.2, 0.25) is 0 Å². The average molecular weight is 267 g/mol. The number of fused-ring (bicyclic) bond motifs is 1. The normalized spacial score (nSPS) is 10.7. The molecule has 2 aromatic carbocycles. The Morgan fingerprint density at radius 3 is 2.74 bits per heavy atom. The Labute approximate surface area is 115 Å². The maximum atomic E-state index is 7.46. The van der Waals surface area contributed by atoms with Crippen LogP contribution >= 0.6 is 11.8 Å². The molecule has 3 nitrogen and oxygen atoms in total. The van der Waals surface area contributed by atoms with Gasteiger partial charge in [0.05, 0.1) is 0 Å². The number of hydrogen-bond acceptors (Lipinski definition) is 2. The third kappa shape index (κ3) is 2.48. The maximum Gasteiger partial charge on any atom is 0.122 e. The second-order valence-corrected chi connectivity index (χ2v) is 5.42. The third-order valence-electron chi connectivity index (χ3n) is 2.91. The van der Waals surface area contributed by atoms with Crippen molar-refractivity contribution in [2.45, 2.75) is 9.79 Å². The van der Waals surface area contributed by atoms with Gasteiger partial charge < -0.3 is 10.7 Å². The maximum absolute atomic E-state index is 7.46. The van der Waals surface area contributed by atoms with E-state index >= 15 is 0 Å². The highest BCUT2D eigenvalue weighted by molar-refractivity contribution is 7.99. The molecule has 94 valence electrons. The first-order chi connectivity index (χ1) is 9.22. The van der Waals surface area contributed by atoms with Gasteiger partial charge in [0.25, 0.3) is 0 Å². The van der Waals surface area contributed by atoms with E-state index in [0.29, 0.717) is 0 Å². The minimum absolute atomic E-state index is 0.100. The lowest BCUT2D eigenvalue weighted by Crippen LogP contribution is -2.10. The average Bonchev–Trinajstić information content (AvgIpc) is 2.86. The SMILES string of the molecule is N=C(N)c1cccc(Sc2ccc3[nH]ccc3c2)c1. The number of aromatic amines is 1. The van der Waals surface area contributed by atoms with Crippen LogP contribution in [0.3, 0.4) is 0 Å². The van der Waals surface area contributed by atoms with Gasteiger partial charge in [0.15, 0.2) is 0 Å². The van der Waals surface area contributed by atoms with E-state index in [1.54, 1.807) is 11.8 Å². The number of nitrogen functional groups attached to an aromatic ring is 1. The molecule has 0 bridgehead atoms. The summed E-state index contributed by atoms with van der Waals surface area (Å²) in [5.41, 5.74) is 7.40. The zero-order chi connectivity index (χ0) is 13.2. The van der Waals surface area contributed by atoms with Gasteiger partial charge in [0.1, 0.15) is 5.84 Å². The Hall–Kier alpha value is -2.20. The largest absolute Gasteiger partial charge is 0.384 e. The molecule has 0 saturated heterocycles. The van der Waals surface area contributed by atoms with E-state index in [2.05, 4.69) is 29.2 Å². The standard InChI is InChI=1S/C15H13N3S/c16-15(17)11-2-1-3-12(9-11)19-13-4-5-14-10(8-13)6-7-18-14/h1-9,18H,(H3,16,17). The smallest absolute Gasteiger partial charge is 0.122 e. The molecule has 1 heterocycles. The molecule has 19 heavy (non-hydrogen) atoms. The monoisotopic (exact) mass is 267 g/mol. The van der Waals surface area contributed by atoms with Crippen molar-refractivity contribution in [2.24, 2.45) is 5.73 Å². The lowest BCUT2D eigenvalue weighted by Gasteiger charge is -2.04. The first-order valence-corrected chi connectivity index (χ1v) is 6.73. The van der Waals surface area contributed by atoms with Crippen molar-refractivity contribution in [3.8, 4) is 0 Å². The van der Waals surface area contributed by atoms with Crippen LogP contribution in [0, 0.1) is 5.41 Å². The number of nitrogens with two attached hydrogens (primary N) is 1. The Bertz CT molecular complexity index is 746. The quantitative estimate of drug-likeness (QED) is 0.501. The van der Waals surface area contributed by atoms with Crippen LogP contribution in [-0.2, 0) is 0 Å². The van der Waals surface area contributed by atoms with Crippen molar-refractivity contribution in [1.82, 2.24) is 4.98 Å². The number of aromatic nitrogens is 1. The number of H-pyrrole nitrogens is 1. The summed E-state index contributed by atoms with van der Waals surface area (Å²) in [7, 11) is 0. The predicted octanol–water partition coefficient (Wildman–Crippen LogP) is 3.60. The zero-order valence-corrected chi connectivity index (χ0v) is 11.0. The van der Waals surface area contributed by atoms with Crippen molar-refractivity contribution in [2.75, 3.05) is 0 Å². The molecule has 0 radical (unpaired) electrons. The van der Waals surface area contributed by atoms with Crippen LogP contribution in [0.25, 0.3) is 10.9 Å². The molecular weight excluding hydrogens is 254 g/mol. The molecule has 4 heteroatoms. The molecule has 0 aliphatic heterocycles. The molecule has 0 atom stereocenters. The van der Waals surface area contributed by atoms with Gasteiger partial charge in [-0.05, 0) is 36.4 Å². The minimum atomic E-state index is 0.100. The lowest BCUT2D eigenvalue weighted by atomic mass is 10.2. The summed E-state index contributed by atoms with van der Waals surface area (Å²) < 4.78 is 0. The van der Waals surface area contributed by atoms with Gasteiger partial charge in [-0.1, -0.05) is 23.9 Å². The Kier molecular flexibility index (Phi) is 3.01. The van der Waals surface area contributed by atoms with E-state index in [0.717, 1.165) is 16.0 Å². The van der Waals surface area contributed by atoms with Crippen molar-refractivity contribution in [1.29, 1.82) is 5.41 Å². The minimum Gasteiger partial charge on any atom is -0.384 e. The van der Waals surface area contributed by atoms with E-state index in [-0.39, 0.29) is 5.84 Å². The number of hydrogen-bond donors (Lipinski definition) is 3. The van der Waals surface area contributed by atoms with Gasteiger partial charge in [-0.3, -0.25) is 5.41 Å². The summed E-state index contributed by atoms with van der Waals surface area (Å²) in [6.45, 7) is 0. The van der Waals surface area contributed by atoms with Crippen LogP contribution in [0.4, 0.5) is 0 Å². The predicted molar refractivity (Wildman–Crippen MR) is 79.9 cm³/mol. The van der Waals surface area contributed by atoms with E-state index in [9.17, 15) is 0 Å². The highest BCUT2D eigenvalue weighted by atomic mass is 32.2. The Morgan fingerprint density at radius 1 is 1.05 bits per heavy atom. The molecule has 0 spiro atoms. The van der Waals surface area contributed by atoms with Crippen molar-refractivity contribution in [3.05, 3.63) is 60.3 Å². The fourth-order valence-corrected chi connectivity index (χ4v) is 2.88. The first kappa shape index (κ1) is 11.9. The van der Waals surface area contributed by atoms with Crippen LogP contribution < -0.4 is 5.73 Å². The van der Waals surface area contributed by atoms with Gasteiger partial charge in [-0.25, -0.2) is 0 Å². The second-order valence-electron chi connectivity index (χ2n) is 4.27. The van der Waals surface area contributed by atoms with Gasteiger partial charge in [0.2, 0.25) is 0 Å². The van der Waals surface area contributed by atoms with E-state index in [1.807, 2.05) is 30.5 Å². The summed E-state index contributed by atoms with van der Waals surface area (Å²) in [6.07, 6.45) is 1.94. The third-order valence-corrected chi connectivity index (χ3v) is 3.88. The molecule has 0 saturated carbocycles. The molecule has 3 rings (SSSR count). The number of rotatable bonds is 3. The second kappa shape index (κ2) is 4.82. The van der Waals surface area contributed by atoms with Gasteiger partial charge in [-0.2, -0.15) is 0 Å². The summed E-state index contributed by atoms with van der Waals surface area (Å²) in [4.78, 5) is 5.44. The summed E-state index contributed by atoms with van der Waals surface area (Å²) >= 11 is 1.67. The van der Waals surface area contributed by atoms with Gasteiger partial charge >= 0.3 is 0 Å². The van der Waals surface area contributed by atoms with Gasteiger partial charge in [0, 0.05) is 32.5 Å². The van der Waals surface area contributed by atoms with E-state index < -0.39 is 0 Å². The van der Waals surface area contributed by atoms with Crippen LogP contribution in [0.5, 0.6) is 0 Å². The fraction of sp³-hybridized carbons (Fsp3) is 0.